The van der Waals surface area contributed by atoms with Gasteiger partial charge in [-0.05, 0) is 36.2 Å². The van der Waals surface area contributed by atoms with Crippen molar-refractivity contribution in [2.45, 2.75) is 19.9 Å². The maximum absolute atomic E-state index is 11.0. The number of carboxylic acid groups (broad SMARTS) is 1. The molecule has 0 saturated heterocycles. The zero-order valence-electron chi connectivity index (χ0n) is 10.6. The Balaban J connectivity index is 2.15. The second-order valence-corrected chi connectivity index (χ2v) is 4.10. The first kappa shape index (κ1) is 13.0. The summed E-state index contributed by atoms with van der Waals surface area (Å²) in [7, 11) is 0. The molecule has 98 valence electrons. The van der Waals surface area contributed by atoms with Gasteiger partial charge in [0, 0.05) is 24.6 Å². The van der Waals surface area contributed by atoms with Gasteiger partial charge in [0.1, 0.15) is 5.82 Å². The van der Waals surface area contributed by atoms with Crippen molar-refractivity contribution in [1.82, 2.24) is 9.97 Å². The molecule has 0 amide bonds. The van der Waals surface area contributed by atoms with Crippen LogP contribution in [0.3, 0.4) is 0 Å². The summed E-state index contributed by atoms with van der Waals surface area (Å²) in [5.74, 6) is -0.363. The first-order valence-electron chi connectivity index (χ1n) is 6.06. The number of anilines is 1. The van der Waals surface area contributed by atoms with Crippen LogP contribution in [-0.2, 0) is 13.0 Å². The predicted octanol–water partition coefficient (Wildman–Crippen LogP) is 2.35. The van der Waals surface area contributed by atoms with Crippen LogP contribution in [0, 0.1) is 0 Å². The second kappa shape index (κ2) is 5.95. The quantitative estimate of drug-likeness (QED) is 0.860. The second-order valence-electron chi connectivity index (χ2n) is 4.10. The minimum Gasteiger partial charge on any atom is -0.478 e. The number of carboxylic acids is 1. The van der Waals surface area contributed by atoms with Crippen molar-refractivity contribution >= 4 is 11.8 Å². The van der Waals surface area contributed by atoms with Crippen molar-refractivity contribution in [2.24, 2.45) is 0 Å². The molecule has 0 fully saturated rings. The van der Waals surface area contributed by atoms with Gasteiger partial charge in [0.15, 0.2) is 0 Å². The van der Waals surface area contributed by atoms with Crippen LogP contribution in [0.25, 0.3) is 0 Å². The van der Waals surface area contributed by atoms with Gasteiger partial charge in [-0.2, -0.15) is 0 Å². The van der Waals surface area contributed by atoms with E-state index in [0.717, 1.165) is 11.3 Å². The van der Waals surface area contributed by atoms with Crippen molar-refractivity contribution in [3.8, 4) is 0 Å². The Morgan fingerprint density at radius 1 is 1.32 bits per heavy atom. The van der Waals surface area contributed by atoms with Gasteiger partial charge >= 0.3 is 5.97 Å². The smallest absolute Gasteiger partial charge is 0.335 e. The third-order valence-corrected chi connectivity index (χ3v) is 2.71. The summed E-state index contributed by atoms with van der Waals surface area (Å²) < 4.78 is 0. The molecular formula is C14H15N3O2. The van der Waals surface area contributed by atoms with Gasteiger partial charge in [0.25, 0.3) is 0 Å². The third kappa shape index (κ3) is 3.51. The Bertz CT molecular complexity index is 570. The van der Waals surface area contributed by atoms with Crippen LogP contribution < -0.4 is 5.32 Å². The highest BCUT2D eigenvalue weighted by Gasteiger charge is 2.07. The van der Waals surface area contributed by atoms with Gasteiger partial charge in [-0.1, -0.05) is 6.92 Å². The molecule has 5 nitrogen and oxygen atoms in total. The van der Waals surface area contributed by atoms with Crippen LogP contribution in [0.4, 0.5) is 5.82 Å². The molecule has 0 radical (unpaired) electrons. The number of hydrogen-bond donors (Lipinski definition) is 2. The standard InChI is InChI=1S/C14H15N3O2/c1-2-12-7-11(14(18)19)8-13(17-12)16-9-10-3-5-15-6-4-10/h3-8H,2,9H2,1H3,(H,16,17)(H,18,19). The highest BCUT2D eigenvalue weighted by Crippen LogP contribution is 2.12. The number of aryl methyl sites for hydroxylation is 1. The van der Waals surface area contributed by atoms with Crippen molar-refractivity contribution in [1.29, 1.82) is 0 Å². The van der Waals surface area contributed by atoms with Gasteiger partial charge in [0.05, 0.1) is 5.56 Å². The van der Waals surface area contributed by atoms with Gasteiger partial charge in [0.2, 0.25) is 0 Å². The molecule has 0 atom stereocenters. The first-order valence-corrected chi connectivity index (χ1v) is 6.06. The van der Waals surface area contributed by atoms with Crippen LogP contribution in [0.2, 0.25) is 0 Å². The largest absolute Gasteiger partial charge is 0.478 e. The Hall–Kier alpha value is -2.43. The van der Waals surface area contributed by atoms with Crippen LogP contribution >= 0.6 is 0 Å². The van der Waals surface area contributed by atoms with E-state index in [4.69, 9.17) is 5.11 Å². The molecule has 2 aromatic heterocycles. The lowest BCUT2D eigenvalue weighted by atomic mass is 10.2. The topological polar surface area (TPSA) is 75.1 Å². The molecule has 0 unspecified atom stereocenters. The third-order valence-electron chi connectivity index (χ3n) is 2.71. The fourth-order valence-electron chi connectivity index (χ4n) is 1.68. The Morgan fingerprint density at radius 3 is 2.68 bits per heavy atom. The van der Waals surface area contributed by atoms with Crippen molar-refractivity contribution < 1.29 is 9.90 Å². The molecule has 0 aliphatic heterocycles. The number of aromatic nitrogens is 2. The average Bonchev–Trinajstić information content (AvgIpc) is 2.45. The van der Waals surface area contributed by atoms with E-state index in [1.165, 1.54) is 0 Å². The summed E-state index contributed by atoms with van der Waals surface area (Å²) >= 11 is 0. The molecule has 2 heterocycles. The maximum atomic E-state index is 11.0. The van der Waals surface area contributed by atoms with E-state index in [-0.39, 0.29) is 5.56 Å². The number of nitrogens with zero attached hydrogens (tertiary/aromatic N) is 2. The summed E-state index contributed by atoms with van der Waals surface area (Å²) in [6, 6.07) is 6.94. The maximum Gasteiger partial charge on any atom is 0.335 e. The minimum atomic E-state index is -0.941. The number of pyridine rings is 2. The fourth-order valence-corrected chi connectivity index (χ4v) is 1.68. The van der Waals surface area contributed by atoms with Crippen molar-refractivity contribution in [3.63, 3.8) is 0 Å². The van der Waals surface area contributed by atoms with Crippen LogP contribution in [0.15, 0.2) is 36.7 Å². The summed E-state index contributed by atoms with van der Waals surface area (Å²) in [5, 5.41) is 12.2. The van der Waals surface area contributed by atoms with Gasteiger partial charge in [-0.15, -0.1) is 0 Å². The molecule has 0 aliphatic carbocycles. The van der Waals surface area contributed by atoms with E-state index in [9.17, 15) is 4.79 Å². The Kier molecular flexibility index (Phi) is 4.07. The average molecular weight is 257 g/mol. The van der Waals surface area contributed by atoms with Crippen molar-refractivity contribution in [2.75, 3.05) is 5.32 Å². The van der Waals surface area contributed by atoms with Crippen molar-refractivity contribution in [3.05, 3.63) is 53.5 Å². The molecule has 0 aromatic carbocycles. The SMILES string of the molecule is CCc1cc(C(=O)O)cc(NCc2ccncc2)n1. The Labute approximate surface area is 111 Å². The zero-order valence-corrected chi connectivity index (χ0v) is 10.6. The molecule has 0 saturated carbocycles. The lowest BCUT2D eigenvalue weighted by Crippen LogP contribution is -2.06. The molecule has 2 rings (SSSR count). The molecule has 19 heavy (non-hydrogen) atoms. The first-order chi connectivity index (χ1) is 9.19. The molecule has 0 spiro atoms. The molecule has 2 aromatic rings. The lowest BCUT2D eigenvalue weighted by molar-refractivity contribution is 0.0696. The van der Waals surface area contributed by atoms with E-state index < -0.39 is 5.97 Å². The number of hydrogen-bond acceptors (Lipinski definition) is 4. The van der Waals surface area contributed by atoms with E-state index in [2.05, 4.69) is 15.3 Å². The van der Waals surface area contributed by atoms with Gasteiger partial charge in [-0.3, -0.25) is 4.98 Å². The van der Waals surface area contributed by atoms with Crippen LogP contribution in [0.1, 0.15) is 28.5 Å². The van der Waals surface area contributed by atoms with E-state index in [1.807, 2.05) is 19.1 Å². The fraction of sp³-hybridized carbons (Fsp3) is 0.214. The van der Waals surface area contributed by atoms with E-state index in [0.29, 0.717) is 18.8 Å². The van der Waals surface area contributed by atoms with Crippen LogP contribution in [-0.4, -0.2) is 21.0 Å². The number of carbonyl (C=O) groups is 1. The number of aromatic carboxylic acids is 1. The zero-order chi connectivity index (χ0) is 13.7. The molecule has 5 heteroatoms. The summed E-state index contributed by atoms with van der Waals surface area (Å²) in [5.41, 5.74) is 2.08. The van der Waals surface area contributed by atoms with Gasteiger partial charge in [-0.25, -0.2) is 9.78 Å². The van der Waals surface area contributed by atoms with E-state index in [1.54, 1.807) is 24.5 Å². The Morgan fingerprint density at radius 2 is 2.05 bits per heavy atom. The molecule has 2 N–H and O–H groups in total. The summed E-state index contributed by atoms with van der Waals surface area (Å²) in [4.78, 5) is 19.3. The van der Waals surface area contributed by atoms with E-state index >= 15 is 0 Å². The molecular weight excluding hydrogens is 242 g/mol. The molecule has 0 aliphatic rings. The highest BCUT2D eigenvalue weighted by atomic mass is 16.4. The molecule has 0 bridgehead atoms. The summed E-state index contributed by atoms with van der Waals surface area (Å²) in [6.45, 7) is 2.53. The minimum absolute atomic E-state index is 0.254. The number of rotatable bonds is 5. The predicted molar refractivity (Wildman–Crippen MR) is 72.1 cm³/mol. The van der Waals surface area contributed by atoms with Crippen LogP contribution in [0.5, 0.6) is 0 Å². The summed E-state index contributed by atoms with van der Waals surface area (Å²) in [6.07, 6.45) is 4.14. The van der Waals surface area contributed by atoms with Gasteiger partial charge < -0.3 is 10.4 Å². The monoisotopic (exact) mass is 257 g/mol. The highest BCUT2D eigenvalue weighted by molar-refractivity contribution is 5.88. The lowest BCUT2D eigenvalue weighted by Gasteiger charge is -2.08. The normalized spacial score (nSPS) is 10.2. The number of nitrogens with one attached hydrogen (secondary N) is 1.